The molecular formula is C16H22N2O3. The first-order valence-corrected chi connectivity index (χ1v) is 7.41. The van der Waals surface area contributed by atoms with Crippen LogP contribution in [0.3, 0.4) is 0 Å². The van der Waals surface area contributed by atoms with Gasteiger partial charge in [0.2, 0.25) is 0 Å². The maximum absolute atomic E-state index is 10.1. The zero-order valence-corrected chi connectivity index (χ0v) is 12.3. The van der Waals surface area contributed by atoms with Crippen LogP contribution in [0.25, 0.3) is 10.9 Å². The Balaban J connectivity index is 1.58. The molecule has 5 nitrogen and oxygen atoms in total. The van der Waals surface area contributed by atoms with Gasteiger partial charge in [-0.1, -0.05) is 12.1 Å². The van der Waals surface area contributed by atoms with E-state index >= 15 is 0 Å². The van der Waals surface area contributed by atoms with E-state index in [1.54, 1.807) is 0 Å². The molecule has 2 aromatic rings. The van der Waals surface area contributed by atoms with Crippen molar-refractivity contribution in [1.82, 2.24) is 9.88 Å². The van der Waals surface area contributed by atoms with E-state index in [9.17, 15) is 5.11 Å². The quantitative estimate of drug-likeness (QED) is 0.877. The average Bonchev–Trinajstić information content (AvgIpc) is 2.87. The van der Waals surface area contributed by atoms with Crippen LogP contribution < -0.4 is 4.74 Å². The van der Waals surface area contributed by atoms with E-state index in [4.69, 9.17) is 9.47 Å². The third kappa shape index (κ3) is 3.56. The highest BCUT2D eigenvalue weighted by atomic mass is 16.5. The van der Waals surface area contributed by atoms with Crippen LogP contribution in [0.15, 0.2) is 24.3 Å². The van der Waals surface area contributed by atoms with Crippen molar-refractivity contribution in [3.8, 4) is 5.75 Å². The number of H-pyrrole nitrogens is 1. The Bertz CT molecular complexity index is 590. The van der Waals surface area contributed by atoms with Crippen molar-refractivity contribution >= 4 is 10.9 Å². The Labute approximate surface area is 124 Å². The van der Waals surface area contributed by atoms with Gasteiger partial charge in [-0.3, -0.25) is 4.90 Å². The van der Waals surface area contributed by atoms with Gasteiger partial charge in [0, 0.05) is 30.7 Å². The lowest BCUT2D eigenvalue weighted by molar-refractivity contribution is 0.00478. The number of morpholine rings is 1. The summed E-state index contributed by atoms with van der Waals surface area (Å²) in [7, 11) is 0. The van der Waals surface area contributed by atoms with E-state index in [1.807, 2.05) is 19.1 Å². The number of aliphatic hydroxyl groups is 1. The number of rotatable bonds is 5. The van der Waals surface area contributed by atoms with Crippen molar-refractivity contribution in [2.75, 3.05) is 39.5 Å². The normalized spacial score (nSPS) is 18.0. The van der Waals surface area contributed by atoms with Crippen molar-refractivity contribution in [1.29, 1.82) is 0 Å². The first-order valence-electron chi connectivity index (χ1n) is 7.41. The van der Waals surface area contributed by atoms with Crippen molar-refractivity contribution in [3.05, 3.63) is 30.0 Å². The van der Waals surface area contributed by atoms with Crippen LogP contribution in [-0.2, 0) is 4.74 Å². The van der Waals surface area contributed by atoms with E-state index in [1.165, 1.54) is 0 Å². The van der Waals surface area contributed by atoms with Crippen LogP contribution >= 0.6 is 0 Å². The number of nitrogens with zero attached hydrogens (tertiary/aromatic N) is 1. The number of β-amino-alcohol motifs (C(OH)–C–C–N with tert-alkyl or cyclic N) is 1. The molecule has 114 valence electrons. The third-order valence-corrected chi connectivity index (χ3v) is 3.76. The maximum Gasteiger partial charge on any atom is 0.143 e. The zero-order chi connectivity index (χ0) is 14.7. The van der Waals surface area contributed by atoms with Crippen LogP contribution in [-0.4, -0.2) is 60.5 Å². The van der Waals surface area contributed by atoms with E-state index in [2.05, 4.69) is 22.0 Å². The van der Waals surface area contributed by atoms with Crippen LogP contribution in [0.4, 0.5) is 0 Å². The SMILES string of the molecule is Cc1cc2cccc(OC[C@@H](O)CN3CCOCC3)c2[nH]1. The van der Waals surface area contributed by atoms with Gasteiger partial charge >= 0.3 is 0 Å². The number of hydrogen-bond acceptors (Lipinski definition) is 4. The Hall–Kier alpha value is -1.56. The summed E-state index contributed by atoms with van der Waals surface area (Å²) in [6.45, 7) is 6.20. The molecule has 0 bridgehead atoms. The summed E-state index contributed by atoms with van der Waals surface area (Å²) < 4.78 is 11.1. The number of para-hydroxylation sites is 1. The van der Waals surface area contributed by atoms with Crippen molar-refractivity contribution in [2.45, 2.75) is 13.0 Å². The number of aliphatic hydroxyl groups excluding tert-OH is 1. The molecule has 0 unspecified atom stereocenters. The van der Waals surface area contributed by atoms with Crippen LogP contribution in [0.2, 0.25) is 0 Å². The fourth-order valence-electron chi connectivity index (χ4n) is 2.71. The molecule has 2 N–H and O–H groups in total. The number of ether oxygens (including phenoxy) is 2. The summed E-state index contributed by atoms with van der Waals surface area (Å²) >= 11 is 0. The van der Waals surface area contributed by atoms with Gasteiger partial charge in [0.1, 0.15) is 18.5 Å². The lowest BCUT2D eigenvalue weighted by Gasteiger charge is -2.28. The number of nitrogens with one attached hydrogen (secondary N) is 1. The summed E-state index contributed by atoms with van der Waals surface area (Å²) in [6, 6.07) is 8.04. The van der Waals surface area contributed by atoms with Crippen molar-refractivity contribution in [2.24, 2.45) is 0 Å². The van der Waals surface area contributed by atoms with Gasteiger partial charge in [0.15, 0.2) is 0 Å². The Morgan fingerprint density at radius 1 is 1.38 bits per heavy atom. The molecule has 0 radical (unpaired) electrons. The highest BCUT2D eigenvalue weighted by molar-refractivity contribution is 5.86. The first kappa shape index (κ1) is 14.4. The second kappa shape index (κ2) is 6.47. The fourth-order valence-corrected chi connectivity index (χ4v) is 2.71. The molecular weight excluding hydrogens is 268 g/mol. The highest BCUT2D eigenvalue weighted by Gasteiger charge is 2.15. The zero-order valence-electron chi connectivity index (χ0n) is 12.3. The molecule has 1 aromatic carbocycles. The number of aryl methyl sites for hydroxylation is 1. The predicted octanol–water partition coefficient (Wildman–Crippen LogP) is 1.55. The van der Waals surface area contributed by atoms with Gasteiger partial charge < -0.3 is 19.6 Å². The standard InChI is InChI=1S/C16H22N2O3/c1-12-9-13-3-2-4-15(16(13)17-12)21-11-14(19)10-18-5-7-20-8-6-18/h2-4,9,14,17,19H,5-8,10-11H2,1H3/t14-/m0/s1. The molecule has 1 saturated heterocycles. The number of hydrogen-bond donors (Lipinski definition) is 2. The molecule has 21 heavy (non-hydrogen) atoms. The average molecular weight is 290 g/mol. The molecule has 3 rings (SSSR count). The smallest absolute Gasteiger partial charge is 0.143 e. The third-order valence-electron chi connectivity index (χ3n) is 3.76. The van der Waals surface area contributed by atoms with Gasteiger partial charge in [-0.25, -0.2) is 0 Å². The molecule has 1 fully saturated rings. The fraction of sp³-hybridized carbons (Fsp3) is 0.500. The number of fused-ring (bicyclic) bond motifs is 1. The largest absolute Gasteiger partial charge is 0.489 e. The lowest BCUT2D eigenvalue weighted by Crippen LogP contribution is -2.42. The summed E-state index contributed by atoms with van der Waals surface area (Å²) in [5.74, 6) is 0.793. The second-order valence-corrected chi connectivity index (χ2v) is 5.55. The minimum Gasteiger partial charge on any atom is -0.489 e. The lowest BCUT2D eigenvalue weighted by atomic mass is 10.2. The summed E-state index contributed by atoms with van der Waals surface area (Å²) in [5.41, 5.74) is 2.10. The highest BCUT2D eigenvalue weighted by Crippen LogP contribution is 2.25. The predicted molar refractivity (Wildman–Crippen MR) is 81.8 cm³/mol. The van der Waals surface area contributed by atoms with Gasteiger partial charge in [-0.2, -0.15) is 0 Å². The number of aromatic amines is 1. The second-order valence-electron chi connectivity index (χ2n) is 5.55. The van der Waals surface area contributed by atoms with Crippen LogP contribution in [0.1, 0.15) is 5.69 Å². The van der Waals surface area contributed by atoms with Crippen molar-refractivity contribution in [3.63, 3.8) is 0 Å². The molecule has 0 spiro atoms. The molecule has 1 aliphatic heterocycles. The Morgan fingerprint density at radius 3 is 3.00 bits per heavy atom. The molecule has 0 saturated carbocycles. The van der Waals surface area contributed by atoms with Gasteiger partial charge in [0.25, 0.3) is 0 Å². The van der Waals surface area contributed by atoms with Gasteiger partial charge in [-0.05, 0) is 19.1 Å². The summed E-state index contributed by atoms with van der Waals surface area (Å²) in [5, 5.41) is 11.3. The molecule has 1 aromatic heterocycles. The first-order chi connectivity index (χ1) is 10.2. The molecule has 1 atom stereocenters. The minimum atomic E-state index is -0.491. The Kier molecular flexibility index (Phi) is 4.43. The minimum absolute atomic E-state index is 0.300. The molecule has 0 amide bonds. The topological polar surface area (TPSA) is 57.7 Å². The van der Waals surface area contributed by atoms with E-state index in [-0.39, 0.29) is 0 Å². The molecule has 2 heterocycles. The van der Waals surface area contributed by atoms with E-state index < -0.39 is 6.10 Å². The Morgan fingerprint density at radius 2 is 2.19 bits per heavy atom. The number of aromatic nitrogens is 1. The molecule has 5 heteroatoms. The van der Waals surface area contributed by atoms with Crippen LogP contribution in [0, 0.1) is 6.92 Å². The van der Waals surface area contributed by atoms with Gasteiger partial charge in [0.05, 0.1) is 18.7 Å². The monoisotopic (exact) mass is 290 g/mol. The van der Waals surface area contributed by atoms with Crippen molar-refractivity contribution < 1.29 is 14.6 Å². The number of benzene rings is 1. The maximum atomic E-state index is 10.1. The summed E-state index contributed by atoms with van der Waals surface area (Å²) in [4.78, 5) is 5.50. The molecule has 0 aliphatic carbocycles. The van der Waals surface area contributed by atoms with E-state index in [0.29, 0.717) is 13.2 Å². The van der Waals surface area contributed by atoms with Gasteiger partial charge in [-0.15, -0.1) is 0 Å². The van der Waals surface area contributed by atoms with E-state index in [0.717, 1.165) is 48.6 Å². The van der Waals surface area contributed by atoms with Crippen LogP contribution in [0.5, 0.6) is 5.75 Å². The molecule has 1 aliphatic rings. The summed E-state index contributed by atoms with van der Waals surface area (Å²) in [6.07, 6.45) is -0.491.